The van der Waals surface area contributed by atoms with Crippen molar-refractivity contribution < 1.29 is 28.9 Å². The number of carbonyl (C=O) groups is 2. The number of amides is 1. The highest BCUT2D eigenvalue weighted by molar-refractivity contribution is 6.28. The number of anilines is 2. The number of carboxylic acids is 1. The van der Waals surface area contributed by atoms with Crippen LogP contribution in [0.25, 0.3) is 10.9 Å². The van der Waals surface area contributed by atoms with E-state index in [0.29, 0.717) is 39.5 Å². The van der Waals surface area contributed by atoms with Crippen molar-refractivity contribution in [3.63, 3.8) is 0 Å². The van der Waals surface area contributed by atoms with Crippen LogP contribution in [0.3, 0.4) is 0 Å². The molecular weight excluding hydrogens is 488 g/mol. The van der Waals surface area contributed by atoms with Gasteiger partial charge in [0, 0.05) is 23.6 Å². The molecule has 0 saturated heterocycles. The molecule has 1 aromatic heterocycles. The van der Waals surface area contributed by atoms with E-state index in [0.717, 1.165) is 0 Å². The number of fused-ring (bicyclic) bond motifs is 1. The number of rotatable bonds is 8. The Hall–Kier alpha value is -3.79. The van der Waals surface area contributed by atoms with E-state index < -0.39 is 23.2 Å². The first-order chi connectivity index (χ1) is 16.8. The second-order valence-corrected chi connectivity index (χ2v) is 9.67. The molecule has 1 atom stereocenters. The second kappa shape index (κ2) is 10.4. The van der Waals surface area contributed by atoms with Gasteiger partial charge in [0.25, 0.3) is 0 Å². The van der Waals surface area contributed by atoms with Crippen LogP contribution in [0, 0.1) is 0 Å². The molecule has 3 N–H and O–H groups in total. The summed E-state index contributed by atoms with van der Waals surface area (Å²) in [5.41, 5.74) is -0.374. The van der Waals surface area contributed by atoms with Crippen LogP contribution < -0.4 is 20.1 Å². The Morgan fingerprint density at radius 1 is 1.00 bits per heavy atom. The fourth-order valence-corrected chi connectivity index (χ4v) is 3.65. The number of aliphatic carboxylic acids is 1. The number of methoxy groups -OCH3 is 2. The molecule has 0 aliphatic rings. The number of nitrogens with zero attached hydrogens (tertiary/aromatic N) is 2. The minimum absolute atomic E-state index is 0.0428. The molecule has 2 aromatic carbocycles. The van der Waals surface area contributed by atoms with Crippen molar-refractivity contribution >= 4 is 46.1 Å². The molecule has 0 aliphatic carbocycles. The third kappa shape index (κ3) is 6.45. The largest absolute Gasteiger partial charge is 0.493 e. The van der Waals surface area contributed by atoms with Crippen LogP contribution in [0.4, 0.5) is 16.3 Å². The Bertz CT molecular complexity index is 1280. The average Bonchev–Trinajstić information content (AvgIpc) is 2.77. The van der Waals surface area contributed by atoms with Gasteiger partial charge in [0.1, 0.15) is 17.0 Å². The number of carboxylic acid groups (broad SMARTS) is 1. The Kier molecular flexibility index (Phi) is 7.78. The van der Waals surface area contributed by atoms with E-state index in [4.69, 9.17) is 25.8 Å². The predicted molar refractivity (Wildman–Crippen MR) is 136 cm³/mol. The van der Waals surface area contributed by atoms with Gasteiger partial charge in [0.15, 0.2) is 11.5 Å². The van der Waals surface area contributed by atoms with E-state index in [2.05, 4.69) is 20.6 Å². The molecule has 36 heavy (non-hydrogen) atoms. The van der Waals surface area contributed by atoms with Crippen LogP contribution in [0.2, 0.25) is 5.28 Å². The van der Waals surface area contributed by atoms with E-state index in [1.165, 1.54) is 21.1 Å². The summed E-state index contributed by atoms with van der Waals surface area (Å²) in [5.74, 6) is 0.305. The lowest BCUT2D eigenvalue weighted by Crippen LogP contribution is -2.54. The van der Waals surface area contributed by atoms with Crippen molar-refractivity contribution in [3.8, 4) is 11.5 Å². The lowest BCUT2D eigenvalue weighted by atomic mass is 9.93. The first kappa shape index (κ1) is 26.8. The van der Waals surface area contributed by atoms with E-state index in [9.17, 15) is 14.7 Å². The minimum Gasteiger partial charge on any atom is -0.493 e. The first-order valence-electron chi connectivity index (χ1n) is 11.0. The molecule has 0 saturated carbocycles. The molecule has 0 fully saturated rings. The zero-order valence-corrected chi connectivity index (χ0v) is 21.7. The summed E-state index contributed by atoms with van der Waals surface area (Å²) in [6, 6.07) is 10.5. The van der Waals surface area contributed by atoms with Crippen molar-refractivity contribution in [2.24, 2.45) is 0 Å². The maximum atomic E-state index is 12.2. The molecule has 0 radical (unpaired) electrons. The summed E-state index contributed by atoms with van der Waals surface area (Å²) < 4.78 is 15.9. The zero-order chi connectivity index (χ0) is 26.7. The Labute approximate surface area is 213 Å². The van der Waals surface area contributed by atoms with Gasteiger partial charge in [-0.05, 0) is 63.1 Å². The maximum absolute atomic E-state index is 12.2. The van der Waals surface area contributed by atoms with Gasteiger partial charge in [-0.2, -0.15) is 4.98 Å². The van der Waals surface area contributed by atoms with Gasteiger partial charge in [-0.3, -0.25) is 0 Å². The van der Waals surface area contributed by atoms with Crippen LogP contribution >= 0.6 is 11.6 Å². The molecule has 11 heteroatoms. The van der Waals surface area contributed by atoms with Gasteiger partial charge in [-0.1, -0.05) is 12.1 Å². The molecule has 3 aromatic rings. The Balaban J connectivity index is 1.83. The number of alkyl carbamates (subject to hydrolysis) is 1. The monoisotopic (exact) mass is 516 g/mol. The zero-order valence-electron chi connectivity index (χ0n) is 20.9. The summed E-state index contributed by atoms with van der Waals surface area (Å²) in [7, 11) is 3.07. The van der Waals surface area contributed by atoms with Crippen molar-refractivity contribution in [2.75, 3.05) is 19.5 Å². The number of hydrogen-bond acceptors (Lipinski definition) is 8. The van der Waals surface area contributed by atoms with Crippen LogP contribution in [-0.4, -0.2) is 52.5 Å². The quantitative estimate of drug-likeness (QED) is 0.355. The number of halogens is 1. The standard InChI is InChI=1S/C25H29ClN4O6/c1-24(2,3)36-23(33)30-25(4,21(31)32)13-14-7-9-15(10-8-14)27-20-16-11-18(34-5)19(35-6)12-17(16)28-22(26)29-20/h7-12H,13H2,1-6H3,(H,30,33)(H,31,32)(H,27,28,29)/t25-/m0/s1. The van der Waals surface area contributed by atoms with E-state index in [1.54, 1.807) is 57.2 Å². The molecule has 0 bridgehead atoms. The number of benzene rings is 2. The van der Waals surface area contributed by atoms with Crippen LogP contribution in [0.15, 0.2) is 36.4 Å². The highest BCUT2D eigenvalue weighted by Crippen LogP contribution is 2.35. The van der Waals surface area contributed by atoms with Crippen molar-refractivity contribution in [2.45, 2.75) is 45.3 Å². The number of nitrogens with one attached hydrogen (secondary N) is 2. The van der Waals surface area contributed by atoms with Gasteiger partial charge < -0.3 is 30.0 Å². The fourth-order valence-electron chi connectivity index (χ4n) is 3.48. The van der Waals surface area contributed by atoms with E-state index >= 15 is 0 Å². The highest BCUT2D eigenvalue weighted by Gasteiger charge is 2.36. The van der Waals surface area contributed by atoms with Gasteiger partial charge in [0.2, 0.25) is 5.28 Å². The lowest BCUT2D eigenvalue weighted by molar-refractivity contribution is -0.144. The maximum Gasteiger partial charge on any atom is 0.408 e. The van der Waals surface area contributed by atoms with Gasteiger partial charge >= 0.3 is 12.1 Å². The van der Waals surface area contributed by atoms with Crippen LogP contribution in [-0.2, 0) is 16.0 Å². The number of carbonyl (C=O) groups excluding carboxylic acids is 1. The third-order valence-corrected chi connectivity index (χ3v) is 5.37. The smallest absolute Gasteiger partial charge is 0.408 e. The summed E-state index contributed by atoms with van der Waals surface area (Å²) in [4.78, 5) is 32.7. The summed E-state index contributed by atoms with van der Waals surface area (Å²) in [6.45, 7) is 6.55. The summed E-state index contributed by atoms with van der Waals surface area (Å²) in [5, 5.41) is 16.2. The molecule has 192 valence electrons. The van der Waals surface area contributed by atoms with E-state index in [1.807, 2.05) is 0 Å². The molecule has 10 nitrogen and oxygen atoms in total. The van der Waals surface area contributed by atoms with Crippen molar-refractivity contribution in [3.05, 3.63) is 47.2 Å². The van der Waals surface area contributed by atoms with Crippen LogP contribution in [0.1, 0.15) is 33.3 Å². The molecule has 0 aliphatic heterocycles. The molecule has 1 heterocycles. The van der Waals surface area contributed by atoms with Crippen molar-refractivity contribution in [1.29, 1.82) is 0 Å². The first-order valence-corrected chi connectivity index (χ1v) is 11.4. The fraction of sp³-hybridized carbons (Fsp3) is 0.360. The number of aromatic nitrogens is 2. The minimum atomic E-state index is -1.57. The Morgan fingerprint density at radius 3 is 2.17 bits per heavy atom. The van der Waals surface area contributed by atoms with Crippen molar-refractivity contribution in [1.82, 2.24) is 15.3 Å². The third-order valence-electron chi connectivity index (χ3n) is 5.20. The lowest BCUT2D eigenvalue weighted by Gasteiger charge is -2.28. The molecule has 0 spiro atoms. The van der Waals surface area contributed by atoms with E-state index in [-0.39, 0.29) is 11.7 Å². The van der Waals surface area contributed by atoms with Crippen LogP contribution in [0.5, 0.6) is 11.5 Å². The predicted octanol–water partition coefficient (Wildman–Crippen LogP) is 4.95. The van der Waals surface area contributed by atoms with Gasteiger partial charge in [-0.15, -0.1) is 0 Å². The summed E-state index contributed by atoms with van der Waals surface area (Å²) in [6.07, 6.45) is -0.758. The number of hydrogen-bond donors (Lipinski definition) is 3. The molecular formula is C25H29ClN4O6. The molecule has 0 unspecified atom stereocenters. The SMILES string of the molecule is COc1cc2nc(Cl)nc(Nc3ccc(C[C@](C)(NC(=O)OC(C)(C)C)C(=O)O)cc3)c2cc1OC. The Morgan fingerprint density at radius 2 is 1.61 bits per heavy atom. The average molecular weight is 517 g/mol. The highest BCUT2D eigenvalue weighted by atomic mass is 35.5. The van der Waals surface area contributed by atoms with Gasteiger partial charge in [0.05, 0.1) is 19.7 Å². The molecule has 3 rings (SSSR count). The normalized spacial score (nSPS) is 13.0. The van der Waals surface area contributed by atoms with Gasteiger partial charge in [-0.25, -0.2) is 14.6 Å². The molecule has 1 amide bonds. The topological polar surface area (TPSA) is 132 Å². The number of ether oxygens (including phenoxy) is 3. The second-order valence-electron chi connectivity index (χ2n) is 9.33. The summed E-state index contributed by atoms with van der Waals surface area (Å²) >= 11 is 6.13.